The minimum atomic E-state index is -1.77. The van der Waals surface area contributed by atoms with Crippen LogP contribution in [0.2, 0.25) is 0 Å². The van der Waals surface area contributed by atoms with E-state index in [1.165, 1.54) is 0 Å². The summed E-state index contributed by atoms with van der Waals surface area (Å²) in [4.78, 5) is 69.3. The molecule has 14 nitrogen and oxygen atoms in total. The Balaban J connectivity index is 5.44. The standard InChI is InChI=1S/C15H24N4O10S/c16-6(5-30)12(25)17-7(1-2-10(21)22)13(26)18-8(3-11(23)24)14(27)19-9(4-20)15(28)29/h6-9,20,30H,1-5,16H2,(H,17,25)(H,18,26)(H,19,27)(H,21,22)(H,23,24)(H,28,29). The number of aliphatic hydroxyl groups excluding tert-OH is 1. The number of thiol groups is 1. The van der Waals surface area contributed by atoms with Gasteiger partial charge in [0.2, 0.25) is 17.7 Å². The molecule has 4 unspecified atom stereocenters. The van der Waals surface area contributed by atoms with Crippen molar-refractivity contribution in [3.8, 4) is 0 Å². The van der Waals surface area contributed by atoms with Crippen LogP contribution in [0.15, 0.2) is 0 Å². The van der Waals surface area contributed by atoms with Crippen LogP contribution in [0.4, 0.5) is 0 Å². The predicted molar refractivity (Wildman–Crippen MR) is 101 cm³/mol. The first kappa shape index (κ1) is 27.1. The molecule has 15 heteroatoms. The van der Waals surface area contributed by atoms with Crippen molar-refractivity contribution in [3.05, 3.63) is 0 Å². The van der Waals surface area contributed by atoms with Crippen LogP contribution in [-0.2, 0) is 28.8 Å². The van der Waals surface area contributed by atoms with Gasteiger partial charge >= 0.3 is 17.9 Å². The molecular weight excluding hydrogens is 428 g/mol. The van der Waals surface area contributed by atoms with Crippen molar-refractivity contribution in [2.24, 2.45) is 5.73 Å². The summed E-state index contributed by atoms with van der Waals surface area (Å²) >= 11 is 3.82. The van der Waals surface area contributed by atoms with Gasteiger partial charge in [0.15, 0.2) is 0 Å². The second kappa shape index (κ2) is 13.3. The molecule has 170 valence electrons. The second-order valence-corrected chi connectivity index (χ2v) is 6.39. The Hall–Kier alpha value is -2.91. The zero-order valence-corrected chi connectivity index (χ0v) is 16.5. The van der Waals surface area contributed by atoms with E-state index >= 15 is 0 Å². The zero-order valence-electron chi connectivity index (χ0n) is 15.6. The molecule has 3 amide bonds. The number of carbonyl (C=O) groups excluding carboxylic acids is 3. The van der Waals surface area contributed by atoms with Crippen LogP contribution in [-0.4, -0.2) is 92.6 Å². The summed E-state index contributed by atoms with van der Waals surface area (Å²) in [6, 6.07) is -6.11. The van der Waals surface area contributed by atoms with Crippen molar-refractivity contribution in [1.29, 1.82) is 0 Å². The van der Waals surface area contributed by atoms with Gasteiger partial charge < -0.3 is 42.1 Å². The first-order valence-corrected chi connectivity index (χ1v) is 9.10. The van der Waals surface area contributed by atoms with E-state index in [0.29, 0.717) is 0 Å². The van der Waals surface area contributed by atoms with Crippen LogP contribution in [0.3, 0.4) is 0 Å². The molecule has 0 rings (SSSR count). The Morgan fingerprint density at radius 3 is 1.73 bits per heavy atom. The molecular formula is C15H24N4O10S. The van der Waals surface area contributed by atoms with Crippen molar-refractivity contribution < 1.29 is 49.2 Å². The smallest absolute Gasteiger partial charge is 0.328 e. The maximum atomic E-state index is 12.5. The third kappa shape index (κ3) is 10.0. The maximum absolute atomic E-state index is 12.5. The van der Waals surface area contributed by atoms with Gasteiger partial charge in [-0.05, 0) is 6.42 Å². The van der Waals surface area contributed by atoms with Gasteiger partial charge in [0.05, 0.1) is 19.1 Å². The Morgan fingerprint density at radius 1 is 0.800 bits per heavy atom. The van der Waals surface area contributed by atoms with Crippen LogP contribution >= 0.6 is 12.6 Å². The zero-order chi connectivity index (χ0) is 23.4. The van der Waals surface area contributed by atoms with Gasteiger partial charge in [0.25, 0.3) is 0 Å². The summed E-state index contributed by atoms with van der Waals surface area (Å²) in [5.74, 6) is -7.63. The maximum Gasteiger partial charge on any atom is 0.328 e. The van der Waals surface area contributed by atoms with E-state index in [9.17, 15) is 28.8 Å². The van der Waals surface area contributed by atoms with Crippen LogP contribution in [0.25, 0.3) is 0 Å². The molecule has 0 saturated carbocycles. The molecule has 0 radical (unpaired) electrons. The van der Waals surface area contributed by atoms with Crippen LogP contribution in [0.5, 0.6) is 0 Å². The molecule has 0 aliphatic rings. The molecule has 0 aliphatic carbocycles. The molecule has 0 aromatic rings. The molecule has 0 fully saturated rings. The van der Waals surface area contributed by atoms with Crippen molar-refractivity contribution in [2.45, 2.75) is 43.4 Å². The molecule has 0 spiro atoms. The van der Waals surface area contributed by atoms with Gasteiger partial charge in [-0.1, -0.05) is 0 Å². The monoisotopic (exact) mass is 452 g/mol. The molecule has 0 heterocycles. The Labute approximate surface area is 175 Å². The number of amides is 3. The molecule has 0 aromatic heterocycles. The molecule has 30 heavy (non-hydrogen) atoms. The quantitative estimate of drug-likeness (QED) is 0.115. The van der Waals surface area contributed by atoms with Crippen molar-refractivity contribution >= 4 is 48.3 Å². The van der Waals surface area contributed by atoms with E-state index in [1.807, 2.05) is 10.6 Å². The lowest BCUT2D eigenvalue weighted by Crippen LogP contribution is -2.58. The number of rotatable bonds is 14. The number of hydrogen-bond acceptors (Lipinski definition) is 9. The molecule has 9 N–H and O–H groups in total. The lowest BCUT2D eigenvalue weighted by atomic mass is 10.1. The molecule has 4 atom stereocenters. The third-order valence-corrected chi connectivity index (χ3v) is 4.02. The van der Waals surface area contributed by atoms with Crippen LogP contribution in [0, 0.1) is 0 Å². The first-order valence-electron chi connectivity index (χ1n) is 8.47. The predicted octanol–water partition coefficient (Wildman–Crippen LogP) is -3.89. The van der Waals surface area contributed by atoms with Gasteiger partial charge in [0, 0.05) is 12.2 Å². The highest BCUT2D eigenvalue weighted by atomic mass is 32.1. The van der Waals surface area contributed by atoms with Crippen molar-refractivity contribution in [3.63, 3.8) is 0 Å². The lowest BCUT2D eigenvalue weighted by Gasteiger charge is -2.24. The molecule has 0 bridgehead atoms. The Morgan fingerprint density at radius 2 is 1.30 bits per heavy atom. The number of nitrogens with two attached hydrogens (primary N) is 1. The fourth-order valence-electron chi connectivity index (χ4n) is 2.01. The normalized spacial score (nSPS) is 14.5. The molecule has 0 aromatic carbocycles. The van der Waals surface area contributed by atoms with Gasteiger partial charge in [-0.15, -0.1) is 0 Å². The van der Waals surface area contributed by atoms with Gasteiger partial charge in [0.1, 0.15) is 18.1 Å². The van der Waals surface area contributed by atoms with Crippen LogP contribution < -0.4 is 21.7 Å². The fraction of sp³-hybridized carbons (Fsp3) is 0.600. The van der Waals surface area contributed by atoms with E-state index in [4.69, 9.17) is 26.2 Å². The number of carboxylic acid groups (broad SMARTS) is 3. The van der Waals surface area contributed by atoms with Crippen molar-refractivity contribution in [1.82, 2.24) is 16.0 Å². The summed E-state index contributed by atoms with van der Waals surface area (Å²) in [7, 11) is 0. The first-order chi connectivity index (χ1) is 13.9. The minimum Gasteiger partial charge on any atom is -0.481 e. The number of aliphatic hydroxyl groups is 1. The van der Waals surface area contributed by atoms with E-state index < -0.39 is 85.7 Å². The average Bonchev–Trinajstić information content (AvgIpc) is 2.66. The molecule has 0 aliphatic heterocycles. The van der Waals surface area contributed by atoms with Crippen molar-refractivity contribution in [2.75, 3.05) is 12.4 Å². The molecule has 0 saturated heterocycles. The highest BCUT2D eigenvalue weighted by Gasteiger charge is 2.31. The van der Waals surface area contributed by atoms with E-state index in [1.54, 1.807) is 0 Å². The summed E-state index contributed by atoms with van der Waals surface area (Å²) in [5.41, 5.74) is 5.48. The number of hydrogen-bond donors (Lipinski definition) is 9. The Kier molecular flexibility index (Phi) is 12.0. The number of carbonyl (C=O) groups is 6. The summed E-state index contributed by atoms with van der Waals surface area (Å²) in [6.45, 7) is -0.992. The van der Waals surface area contributed by atoms with Crippen LogP contribution in [0.1, 0.15) is 19.3 Å². The number of aliphatic carboxylic acids is 3. The number of carboxylic acids is 3. The fourth-order valence-corrected chi connectivity index (χ4v) is 2.18. The summed E-state index contributed by atoms with van der Waals surface area (Å²) in [6.07, 6.45) is -1.90. The van der Waals surface area contributed by atoms with Gasteiger partial charge in [-0.3, -0.25) is 24.0 Å². The summed E-state index contributed by atoms with van der Waals surface area (Å²) < 4.78 is 0. The van der Waals surface area contributed by atoms with E-state index in [2.05, 4.69) is 17.9 Å². The van der Waals surface area contributed by atoms with E-state index in [-0.39, 0.29) is 5.75 Å². The highest BCUT2D eigenvalue weighted by Crippen LogP contribution is 2.03. The SMILES string of the molecule is NC(CS)C(=O)NC(CCC(=O)O)C(=O)NC(CC(=O)O)C(=O)NC(CO)C(=O)O. The van der Waals surface area contributed by atoms with Gasteiger partial charge in [-0.25, -0.2) is 4.79 Å². The minimum absolute atomic E-state index is 0.0825. The largest absolute Gasteiger partial charge is 0.481 e. The average molecular weight is 452 g/mol. The lowest BCUT2D eigenvalue weighted by molar-refractivity contribution is -0.144. The summed E-state index contributed by atoms with van der Waals surface area (Å²) in [5, 5.41) is 41.6. The second-order valence-electron chi connectivity index (χ2n) is 6.02. The van der Waals surface area contributed by atoms with Gasteiger partial charge in [-0.2, -0.15) is 12.6 Å². The Bertz CT molecular complexity index is 674. The number of nitrogens with one attached hydrogen (secondary N) is 3. The topological polar surface area (TPSA) is 245 Å². The highest BCUT2D eigenvalue weighted by molar-refractivity contribution is 7.80. The third-order valence-electron chi connectivity index (χ3n) is 3.62. The van der Waals surface area contributed by atoms with E-state index in [0.717, 1.165) is 0 Å².